The summed E-state index contributed by atoms with van der Waals surface area (Å²) < 4.78 is 12.1. The lowest BCUT2D eigenvalue weighted by atomic mass is 9.99. The number of nitrogens with zero attached hydrogens (tertiary/aromatic N) is 5. The predicted molar refractivity (Wildman–Crippen MR) is 152 cm³/mol. The molecule has 2 saturated heterocycles. The largest absolute Gasteiger partial charge is 0.403 e. The molecule has 4 aromatic rings. The van der Waals surface area contributed by atoms with Gasteiger partial charge in [-0.3, -0.25) is 9.79 Å². The fourth-order valence-electron chi connectivity index (χ4n) is 5.63. The summed E-state index contributed by atoms with van der Waals surface area (Å²) in [5.41, 5.74) is 4.96. The first-order valence-electron chi connectivity index (χ1n) is 13.6. The number of nitrogens with one attached hydrogen (secondary N) is 2. The quantitative estimate of drug-likeness (QED) is 0.386. The molecule has 2 N–H and O–H groups in total. The fraction of sp³-hybridized carbons (Fsp3) is 0.300. The van der Waals surface area contributed by atoms with Gasteiger partial charge in [0.2, 0.25) is 5.91 Å². The summed E-state index contributed by atoms with van der Waals surface area (Å²) in [7, 11) is 0. The number of morpholine rings is 1. The number of carbonyl (C=O) groups excluding carboxylic acids is 1. The molecular formula is C30H29N7O3. The number of amides is 1. The van der Waals surface area contributed by atoms with E-state index in [2.05, 4.69) is 25.7 Å². The van der Waals surface area contributed by atoms with Crippen molar-refractivity contribution in [1.82, 2.24) is 15.2 Å². The van der Waals surface area contributed by atoms with E-state index in [0.29, 0.717) is 5.89 Å². The first-order chi connectivity index (χ1) is 19.6. The molecule has 2 unspecified atom stereocenters. The zero-order valence-electron chi connectivity index (χ0n) is 22.1. The van der Waals surface area contributed by atoms with Crippen molar-refractivity contribution < 1.29 is 13.9 Å². The van der Waals surface area contributed by atoms with E-state index in [1.165, 1.54) is 0 Å². The highest BCUT2D eigenvalue weighted by Crippen LogP contribution is 2.35. The van der Waals surface area contributed by atoms with Crippen LogP contribution in [-0.2, 0) is 9.53 Å². The molecule has 2 bridgehead atoms. The summed E-state index contributed by atoms with van der Waals surface area (Å²) in [5, 5.41) is 14.8. The van der Waals surface area contributed by atoms with Gasteiger partial charge in [0.1, 0.15) is 12.0 Å². The standard InChI is InChI=1S/C30H29N7O3/c1-18-11-14-23(28(31-18)37-16-20-12-13-21(17-37)39-20)29-35-36-30(40-29)34-25-15-26(38)32-24-10-6-5-9-22(24)27(33-25)19-7-3-2-4-8-19/h2-11,14,20-21,25H,12-13,15-17H2,1H3,(H,32,38)(H,34,36)/b33-27-/t20?,21?,25-/m1/s1. The van der Waals surface area contributed by atoms with Gasteiger partial charge in [0.25, 0.3) is 5.89 Å². The van der Waals surface area contributed by atoms with Crippen molar-refractivity contribution in [2.45, 2.75) is 44.6 Å². The lowest BCUT2D eigenvalue weighted by Crippen LogP contribution is -2.43. The highest BCUT2D eigenvalue weighted by atomic mass is 16.5. The van der Waals surface area contributed by atoms with Crippen LogP contribution in [0, 0.1) is 6.92 Å². The molecule has 40 heavy (non-hydrogen) atoms. The summed E-state index contributed by atoms with van der Waals surface area (Å²) >= 11 is 0. The van der Waals surface area contributed by atoms with Crippen LogP contribution in [0.4, 0.5) is 17.5 Å². The van der Waals surface area contributed by atoms with Crippen molar-refractivity contribution in [2.75, 3.05) is 28.6 Å². The number of pyridine rings is 1. The van der Waals surface area contributed by atoms with E-state index in [1.54, 1.807) is 0 Å². The van der Waals surface area contributed by atoms with Gasteiger partial charge in [-0.25, -0.2) is 4.98 Å². The first kappa shape index (κ1) is 24.5. The van der Waals surface area contributed by atoms with Crippen molar-refractivity contribution in [3.05, 3.63) is 83.6 Å². The van der Waals surface area contributed by atoms with Gasteiger partial charge in [-0.05, 0) is 38.0 Å². The third kappa shape index (κ3) is 4.82. The summed E-state index contributed by atoms with van der Waals surface area (Å²) in [6.45, 7) is 3.55. The monoisotopic (exact) mass is 535 g/mol. The maximum atomic E-state index is 12.9. The van der Waals surface area contributed by atoms with Crippen LogP contribution < -0.4 is 15.5 Å². The number of benzene rings is 2. The van der Waals surface area contributed by atoms with Crippen molar-refractivity contribution in [3.8, 4) is 11.5 Å². The average Bonchev–Trinajstić information content (AvgIpc) is 3.56. The third-order valence-electron chi connectivity index (χ3n) is 7.47. The maximum absolute atomic E-state index is 12.9. The number of rotatable bonds is 5. The molecule has 5 heterocycles. The molecule has 7 rings (SSSR count). The molecule has 0 aliphatic carbocycles. The Kier molecular flexibility index (Phi) is 6.24. The number of fused-ring (bicyclic) bond motifs is 3. The number of aliphatic imine (C=N–C) groups is 1. The maximum Gasteiger partial charge on any atom is 0.317 e. The highest BCUT2D eigenvalue weighted by Gasteiger charge is 2.35. The molecule has 202 valence electrons. The van der Waals surface area contributed by atoms with Gasteiger partial charge in [0.15, 0.2) is 0 Å². The Bertz CT molecular complexity index is 1570. The van der Waals surface area contributed by atoms with Crippen LogP contribution in [0.3, 0.4) is 0 Å². The Balaban J connectivity index is 1.20. The van der Waals surface area contributed by atoms with E-state index in [9.17, 15) is 4.79 Å². The zero-order valence-corrected chi connectivity index (χ0v) is 22.1. The predicted octanol–water partition coefficient (Wildman–Crippen LogP) is 4.43. The van der Waals surface area contributed by atoms with Gasteiger partial charge in [0, 0.05) is 29.9 Å². The topological polar surface area (TPSA) is 118 Å². The van der Waals surface area contributed by atoms with E-state index in [-0.39, 0.29) is 30.6 Å². The number of ether oxygens (including phenoxy) is 1. The summed E-state index contributed by atoms with van der Waals surface area (Å²) in [4.78, 5) is 25.0. The Labute approximate surface area is 231 Å². The number of carbonyl (C=O) groups is 1. The molecule has 10 heteroatoms. The summed E-state index contributed by atoms with van der Waals surface area (Å²) in [6.07, 6.45) is 2.06. The molecule has 2 aromatic heterocycles. The number of hydrogen-bond donors (Lipinski definition) is 2. The Morgan fingerprint density at radius 3 is 2.52 bits per heavy atom. The molecule has 0 spiro atoms. The van der Waals surface area contributed by atoms with E-state index < -0.39 is 6.17 Å². The molecule has 3 aliphatic heterocycles. The van der Waals surface area contributed by atoms with E-state index in [1.807, 2.05) is 73.7 Å². The minimum Gasteiger partial charge on any atom is -0.403 e. The van der Waals surface area contributed by atoms with Crippen LogP contribution >= 0.6 is 0 Å². The number of aromatic nitrogens is 3. The molecule has 0 saturated carbocycles. The van der Waals surface area contributed by atoms with Gasteiger partial charge in [-0.15, -0.1) is 5.10 Å². The van der Waals surface area contributed by atoms with Crippen LogP contribution in [0.1, 0.15) is 36.1 Å². The van der Waals surface area contributed by atoms with Crippen molar-refractivity contribution in [2.24, 2.45) is 4.99 Å². The molecule has 0 radical (unpaired) electrons. The first-order valence-corrected chi connectivity index (χ1v) is 13.6. The number of anilines is 3. The number of aryl methyl sites for hydroxylation is 1. The number of para-hydroxylation sites is 1. The van der Waals surface area contributed by atoms with Crippen LogP contribution in [0.25, 0.3) is 11.5 Å². The lowest BCUT2D eigenvalue weighted by Gasteiger charge is -2.33. The molecule has 10 nitrogen and oxygen atoms in total. The van der Waals surface area contributed by atoms with Crippen molar-refractivity contribution in [1.29, 1.82) is 0 Å². The SMILES string of the molecule is Cc1ccc(-c2nnc(N[C@@H]3CC(=O)Nc4ccccc4/C(c4ccccc4)=N\3)o2)c(N2CC3CCC(C2)O3)n1. The second kappa shape index (κ2) is 10.2. The van der Waals surface area contributed by atoms with Gasteiger partial charge in [-0.2, -0.15) is 0 Å². The minimum atomic E-state index is -0.623. The smallest absolute Gasteiger partial charge is 0.317 e. The molecule has 2 fully saturated rings. The normalized spacial score (nSPS) is 23.4. The molecule has 3 atom stereocenters. The lowest BCUT2D eigenvalue weighted by molar-refractivity contribution is -0.116. The van der Waals surface area contributed by atoms with E-state index in [0.717, 1.165) is 65.5 Å². The molecule has 1 amide bonds. The van der Waals surface area contributed by atoms with Gasteiger partial charge in [-0.1, -0.05) is 53.6 Å². The Morgan fingerprint density at radius 1 is 0.925 bits per heavy atom. The number of hydrogen-bond acceptors (Lipinski definition) is 9. The van der Waals surface area contributed by atoms with Crippen LogP contribution in [0.5, 0.6) is 0 Å². The summed E-state index contributed by atoms with van der Waals surface area (Å²) in [5.74, 6) is 1.02. The van der Waals surface area contributed by atoms with E-state index in [4.69, 9.17) is 19.1 Å². The molecular weight excluding hydrogens is 506 g/mol. The van der Waals surface area contributed by atoms with Crippen LogP contribution in [0.15, 0.2) is 76.1 Å². The second-order valence-electron chi connectivity index (χ2n) is 10.4. The minimum absolute atomic E-state index is 0.0935. The van der Waals surface area contributed by atoms with Gasteiger partial charge >= 0.3 is 6.01 Å². The average molecular weight is 536 g/mol. The highest BCUT2D eigenvalue weighted by molar-refractivity contribution is 6.17. The van der Waals surface area contributed by atoms with Crippen molar-refractivity contribution >= 4 is 29.1 Å². The zero-order chi connectivity index (χ0) is 27.1. The van der Waals surface area contributed by atoms with Crippen LogP contribution in [0.2, 0.25) is 0 Å². The molecule has 3 aliphatic rings. The Morgan fingerprint density at radius 2 is 1.70 bits per heavy atom. The fourth-order valence-corrected chi connectivity index (χ4v) is 5.63. The summed E-state index contributed by atoms with van der Waals surface area (Å²) in [6, 6.07) is 21.7. The van der Waals surface area contributed by atoms with Gasteiger partial charge in [0.05, 0.1) is 35.6 Å². The molecule has 2 aromatic carbocycles. The van der Waals surface area contributed by atoms with Gasteiger partial charge < -0.3 is 24.7 Å². The second-order valence-corrected chi connectivity index (χ2v) is 10.4. The van der Waals surface area contributed by atoms with Crippen LogP contribution in [-0.4, -0.2) is 58.3 Å². The Hall–Kier alpha value is -4.57. The van der Waals surface area contributed by atoms with Crippen molar-refractivity contribution in [3.63, 3.8) is 0 Å². The third-order valence-corrected chi connectivity index (χ3v) is 7.47. The van der Waals surface area contributed by atoms with E-state index >= 15 is 0 Å².